The van der Waals surface area contributed by atoms with Gasteiger partial charge >= 0.3 is 11.6 Å². The number of ether oxygens (including phenoxy) is 1. The van der Waals surface area contributed by atoms with Crippen LogP contribution in [-0.2, 0) is 27.8 Å². The van der Waals surface area contributed by atoms with Gasteiger partial charge in [-0.3, -0.25) is 4.79 Å². The predicted molar refractivity (Wildman–Crippen MR) is 82.1 cm³/mol. The minimum Gasteiger partial charge on any atom is -0.461 e. The molecule has 1 aliphatic heterocycles. The average Bonchev–Trinajstić information content (AvgIpc) is 2.76. The van der Waals surface area contributed by atoms with Crippen LogP contribution < -0.4 is 5.63 Å². The number of aliphatic hydroxyl groups is 1. The second-order valence-corrected chi connectivity index (χ2v) is 7.61. The van der Waals surface area contributed by atoms with Crippen LogP contribution in [0.3, 0.4) is 0 Å². The number of aryl methyl sites for hydroxylation is 1. The van der Waals surface area contributed by atoms with Gasteiger partial charge in [0.05, 0.1) is 11.5 Å². The quantitative estimate of drug-likeness (QED) is 0.798. The molecule has 3 aliphatic rings. The number of rotatable bonds is 1. The van der Waals surface area contributed by atoms with E-state index in [4.69, 9.17) is 9.15 Å². The van der Waals surface area contributed by atoms with Crippen molar-refractivity contribution in [2.45, 2.75) is 64.1 Å². The van der Waals surface area contributed by atoms with Gasteiger partial charge < -0.3 is 14.3 Å². The molecule has 23 heavy (non-hydrogen) atoms. The zero-order chi connectivity index (χ0) is 16.6. The highest BCUT2D eigenvalue weighted by Crippen LogP contribution is 2.61. The van der Waals surface area contributed by atoms with E-state index in [1.54, 1.807) is 0 Å². The van der Waals surface area contributed by atoms with Gasteiger partial charge in [-0.2, -0.15) is 0 Å². The largest absolute Gasteiger partial charge is 0.461 e. The molecule has 5 atom stereocenters. The highest BCUT2D eigenvalue weighted by atomic mass is 16.6. The molecule has 0 unspecified atom stereocenters. The Morgan fingerprint density at radius 2 is 2.09 bits per heavy atom. The van der Waals surface area contributed by atoms with Crippen molar-refractivity contribution >= 4 is 5.97 Å². The van der Waals surface area contributed by atoms with Crippen molar-refractivity contribution in [3.63, 3.8) is 0 Å². The molecule has 1 N–H and O–H groups in total. The molecule has 5 heteroatoms. The standard InChI is InChI=1S/C18H22O5/c1-4-11-9-7-12-15-17(2,16(21)23-12)6-5-13(19)18(15,3)10(9)8-14(20)22-11/h8,12-13,15,19H,4-7H2,1-3H3/t12-,13-,15+,17+,18+/m1/s1. The van der Waals surface area contributed by atoms with Crippen LogP contribution >= 0.6 is 0 Å². The summed E-state index contributed by atoms with van der Waals surface area (Å²) in [5.74, 6) is 0.371. The van der Waals surface area contributed by atoms with E-state index in [-0.39, 0.29) is 23.6 Å². The Balaban J connectivity index is 2.01. The Morgan fingerprint density at radius 1 is 1.35 bits per heavy atom. The van der Waals surface area contributed by atoms with E-state index in [9.17, 15) is 14.7 Å². The third kappa shape index (κ3) is 1.66. The normalized spacial score (nSPS) is 41.2. The summed E-state index contributed by atoms with van der Waals surface area (Å²) in [6.45, 7) is 5.86. The number of carbonyl (C=O) groups is 1. The van der Waals surface area contributed by atoms with E-state index in [2.05, 4.69) is 0 Å². The predicted octanol–water partition coefficient (Wildman–Crippen LogP) is 1.72. The van der Waals surface area contributed by atoms with Gasteiger partial charge in [0, 0.05) is 30.2 Å². The molecule has 1 saturated heterocycles. The van der Waals surface area contributed by atoms with Crippen molar-refractivity contribution < 1.29 is 19.1 Å². The summed E-state index contributed by atoms with van der Waals surface area (Å²) >= 11 is 0. The number of aliphatic hydroxyl groups excluding tert-OH is 1. The fraction of sp³-hybridized carbons (Fsp3) is 0.667. The Bertz CT molecular complexity index is 750. The molecule has 0 bridgehead atoms. The van der Waals surface area contributed by atoms with Gasteiger partial charge in [-0.15, -0.1) is 0 Å². The van der Waals surface area contributed by atoms with Crippen LogP contribution in [0.15, 0.2) is 15.3 Å². The third-order valence-electron chi connectivity index (χ3n) is 6.51. The van der Waals surface area contributed by atoms with Crippen LogP contribution in [0.4, 0.5) is 0 Å². The highest BCUT2D eigenvalue weighted by Gasteiger charge is 2.67. The Labute approximate surface area is 134 Å². The summed E-state index contributed by atoms with van der Waals surface area (Å²) in [4.78, 5) is 24.5. The second kappa shape index (κ2) is 4.47. The first kappa shape index (κ1) is 14.9. The highest BCUT2D eigenvalue weighted by molar-refractivity contribution is 5.80. The number of hydrogen-bond acceptors (Lipinski definition) is 5. The summed E-state index contributed by atoms with van der Waals surface area (Å²) in [6, 6.07) is 1.52. The fourth-order valence-electron chi connectivity index (χ4n) is 5.39. The van der Waals surface area contributed by atoms with Gasteiger partial charge in [0.25, 0.3) is 0 Å². The van der Waals surface area contributed by atoms with Crippen LogP contribution in [0.2, 0.25) is 0 Å². The molecule has 0 radical (unpaired) electrons. The molecule has 1 aromatic heterocycles. The molecule has 2 fully saturated rings. The minimum atomic E-state index is -0.655. The summed E-state index contributed by atoms with van der Waals surface area (Å²) in [6.07, 6.45) is 1.48. The van der Waals surface area contributed by atoms with Gasteiger partial charge in [0.1, 0.15) is 11.9 Å². The van der Waals surface area contributed by atoms with Crippen molar-refractivity contribution in [1.82, 2.24) is 0 Å². The molecule has 1 saturated carbocycles. The number of hydrogen-bond donors (Lipinski definition) is 1. The molecule has 1 aromatic rings. The Hall–Kier alpha value is -1.62. The number of esters is 1. The summed E-state index contributed by atoms with van der Waals surface area (Å²) in [5, 5.41) is 10.8. The lowest BCUT2D eigenvalue weighted by Gasteiger charge is -2.53. The maximum absolute atomic E-state index is 12.5. The first-order valence-electron chi connectivity index (χ1n) is 8.38. The molecule has 124 valence electrons. The molecule has 2 heterocycles. The van der Waals surface area contributed by atoms with E-state index in [0.29, 0.717) is 31.4 Å². The second-order valence-electron chi connectivity index (χ2n) is 7.61. The van der Waals surface area contributed by atoms with Gasteiger partial charge in [0.15, 0.2) is 0 Å². The summed E-state index contributed by atoms with van der Waals surface area (Å²) in [5.41, 5.74) is 0.165. The first-order valence-corrected chi connectivity index (χ1v) is 8.38. The SMILES string of the molecule is CCc1oc(=O)cc2c1C[C@H]1OC(=O)[C@@]3(C)CC[C@@H](O)[C@@]2(C)[C@@H]13. The molecule has 0 spiro atoms. The topological polar surface area (TPSA) is 76.7 Å². The molecular weight excluding hydrogens is 296 g/mol. The fourth-order valence-corrected chi connectivity index (χ4v) is 5.39. The van der Waals surface area contributed by atoms with E-state index in [1.165, 1.54) is 6.07 Å². The maximum atomic E-state index is 12.5. The van der Waals surface area contributed by atoms with Gasteiger partial charge in [-0.05, 0) is 30.9 Å². The van der Waals surface area contributed by atoms with Crippen molar-refractivity contribution in [2.75, 3.05) is 0 Å². The molecule has 0 aromatic carbocycles. The molecule has 2 aliphatic carbocycles. The first-order chi connectivity index (χ1) is 10.8. The molecule has 0 amide bonds. The van der Waals surface area contributed by atoms with Crippen molar-refractivity contribution in [3.8, 4) is 0 Å². The zero-order valence-electron chi connectivity index (χ0n) is 13.7. The minimum absolute atomic E-state index is 0.106. The lowest BCUT2D eigenvalue weighted by Crippen LogP contribution is -2.59. The van der Waals surface area contributed by atoms with Crippen LogP contribution in [0.5, 0.6) is 0 Å². The maximum Gasteiger partial charge on any atom is 0.336 e. The average molecular weight is 318 g/mol. The lowest BCUT2D eigenvalue weighted by molar-refractivity contribution is -0.149. The van der Waals surface area contributed by atoms with E-state index < -0.39 is 16.9 Å². The van der Waals surface area contributed by atoms with Crippen molar-refractivity contribution in [3.05, 3.63) is 33.4 Å². The summed E-state index contributed by atoms with van der Waals surface area (Å²) in [7, 11) is 0. The summed E-state index contributed by atoms with van der Waals surface area (Å²) < 4.78 is 11.1. The molecule has 4 rings (SSSR count). The van der Waals surface area contributed by atoms with Crippen molar-refractivity contribution in [1.29, 1.82) is 0 Å². The molecule has 5 nitrogen and oxygen atoms in total. The van der Waals surface area contributed by atoms with Gasteiger partial charge in [0.2, 0.25) is 0 Å². The monoisotopic (exact) mass is 318 g/mol. The van der Waals surface area contributed by atoms with Crippen molar-refractivity contribution in [2.24, 2.45) is 11.3 Å². The van der Waals surface area contributed by atoms with Gasteiger partial charge in [-0.25, -0.2) is 4.79 Å². The number of fused-ring (bicyclic) bond motifs is 2. The van der Waals surface area contributed by atoms with Gasteiger partial charge in [-0.1, -0.05) is 13.8 Å². The van der Waals surface area contributed by atoms with Crippen LogP contribution in [0.25, 0.3) is 0 Å². The van der Waals surface area contributed by atoms with E-state index in [0.717, 1.165) is 11.1 Å². The third-order valence-corrected chi connectivity index (χ3v) is 6.51. The van der Waals surface area contributed by atoms with E-state index >= 15 is 0 Å². The zero-order valence-corrected chi connectivity index (χ0v) is 13.7. The Kier molecular flexibility index (Phi) is 2.90. The van der Waals surface area contributed by atoms with E-state index in [1.807, 2.05) is 20.8 Å². The smallest absolute Gasteiger partial charge is 0.336 e. The lowest BCUT2D eigenvalue weighted by atomic mass is 9.49. The van der Waals surface area contributed by atoms with Crippen LogP contribution in [0.1, 0.15) is 50.5 Å². The van der Waals surface area contributed by atoms with Crippen LogP contribution in [-0.4, -0.2) is 23.3 Å². The number of carbonyl (C=O) groups excluding carboxylic acids is 1. The van der Waals surface area contributed by atoms with Crippen LogP contribution in [0, 0.1) is 11.3 Å². The Morgan fingerprint density at radius 3 is 2.78 bits per heavy atom. The molecular formula is C18H22O5.